The zero-order valence-corrected chi connectivity index (χ0v) is 12.2. The molecule has 1 aliphatic carbocycles. The second-order valence-electron chi connectivity index (χ2n) is 6.28. The van der Waals surface area contributed by atoms with Crippen LogP contribution in [0.2, 0.25) is 0 Å². The van der Waals surface area contributed by atoms with Gasteiger partial charge in [-0.3, -0.25) is 9.69 Å². The average molecular weight is 302 g/mol. The Morgan fingerprint density at radius 1 is 1.23 bits per heavy atom. The van der Waals surface area contributed by atoms with Crippen molar-refractivity contribution in [2.24, 2.45) is 0 Å². The number of carbonyl (C=O) groups is 2. The highest BCUT2D eigenvalue weighted by molar-refractivity contribution is 6.07. The number of imide groups is 1. The van der Waals surface area contributed by atoms with Gasteiger partial charge in [0.1, 0.15) is 11.3 Å². The summed E-state index contributed by atoms with van der Waals surface area (Å²) in [5, 5.41) is 12.8. The highest BCUT2D eigenvalue weighted by Gasteiger charge is 2.54. The summed E-state index contributed by atoms with van der Waals surface area (Å²) in [6.45, 7) is 0.983. The highest BCUT2D eigenvalue weighted by atomic mass is 16.5. The molecule has 0 aromatic heterocycles. The van der Waals surface area contributed by atoms with Crippen LogP contribution in [0.3, 0.4) is 0 Å². The molecule has 2 saturated heterocycles. The maximum absolute atomic E-state index is 12.8. The number of phenols is 1. The first-order valence-corrected chi connectivity index (χ1v) is 7.64. The Kier molecular flexibility index (Phi) is 2.91. The summed E-state index contributed by atoms with van der Waals surface area (Å²) in [6, 6.07) is 4.86. The second-order valence-corrected chi connectivity index (χ2v) is 6.28. The van der Waals surface area contributed by atoms with Crippen LogP contribution >= 0.6 is 0 Å². The summed E-state index contributed by atoms with van der Waals surface area (Å²) in [7, 11) is 0. The molecule has 6 heteroatoms. The van der Waals surface area contributed by atoms with E-state index in [4.69, 9.17) is 4.74 Å². The van der Waals surface area contributed by atoms with Crippen LogP contribution in [-0.4, -0.2) is 46.7 Å². The third-order valence-corrected chi connectivity index (χ3v) is 5.05. The van der Waals surface area contributed by atoms with Crippen molar-refractivity contribution < 1.29 is 19.4 Å². The minimum atomic E-state index is -0.786. The standard InChI is InChI=1S/C16H18N2O4/c19-13-3-1-2-10-8-11(9-12(10)13)18-14(20)16(17-15(18)21)4-6-22-7-5-16/h1-3,11,19H,4-9H2,(H,17,21). The van der Waals surface area contributed by atoms with Crippen LogP contribution in [0.25, 0.3) is 0 Å². The summed E-state index contributed by atoms with van der Waals surface area (Å²) in [4.78, 5) is 26.6. The van der Waals surface area contributed by atoms with E-state index in [9.17, 15) is 14.7 Å². The van der Waals surface area contributed by atoms with Crippen molar-refractivity contribution in [2.75, 3.05) is 13.2 Å². The molecule has 4 rings (SSSR count). The maximum Gasteiger partial charge on any atom is 0.325 e. The van der Waals surface area contributed by atoms with Crippen molar-refractivity contribution >= 4 is 11.9 Å². The van der Waals surface area contributed by atoms with Crippen molar-refractivity contribution in [3.8, 4) is 5.75 Å². The monoisotopic (exact) mass is 302 g/mol. The first-order chi connectivity index (χ1) is 10.6. The van der Waals surface area contributed by atoms with Gasteiger partial charge in [0.2, 0.25) is 0 Å². The SMILES string of the molecule is O=C1NC2(CCOCC2)C(=O)N1C1Cc2cccc(O)c2C1. The van der Waals surface area contributed by atoms with Crippen LogP contribution in [-0.2, 0) is 22.4 Å². The number of amides is 3. The van der Waals surface area contributed by atoms with E-state index in [0.29, 0.717) is 38.9 Å². The van der Waals surface area contributed by atoms with E-state index < -0.39 is 5.54 Å². The third-order valence-electron chi connectivity index (χ3n) is 5.05. The Hall–Kier alpha value is -2.08. The van der Waals surface area contributed by atoms with Gasteiger partial charge in [0, 0.05) is 32.1 Å². The van der Waals surface area contributed by atoms with Gasteiger partial charge in [0.25, 0.3) is 5.91 Å². The van der Waals surface area contributed by atoms with Gasteiger partial charge in [-0.2, -0.15) is 0 Å². The van der Waals surface area contributed by atoms with Gasteiger partial charge in [-0.15, -0.1) is 0 Å². The maximum atomic E-state index is 12.8. The third kappa shape index (κ3) is 1.83. The molecule has 0 saturated carbocycles. The second kappa shape index (κ2) is 4.71. The van der Waals surface area contributed by atoms with Gasteiger partial charge in [-0.25, -0.2) is 4.79 Å². The number of aromatic hydroxyl groups is 1. The van der Waals surface area contributed by atoms with Gasteiger partial charge < -0.3 is 15.2 Å². The Morgan fingerprint density at radius 3 is 2.73 bits per heavy atom. The molecule has 2 aliphatic heterocycles. The molecule has 2 N–H and O–H groups in total. The van der Waals surface area contributed by atoms with Crippen LogP contribution in [0, 0.1) is 0 Å². The quantitative estimate of drug-likeness (QED) is 0.757. The molecule has 6 nitrogen and oxygen atoms in total. The molecular weight excluding hydrogens is 284 g/mol. The lowest BCUT2D eigenvalue weighted by Crippen LogP contribution is -2.51. The lowest BCUT2D eigenvalue weighted by atomic mass is 9.90. The van der Waals surface area contributed by atoms with E-state index in [0.717, 1.165) is 11.1 Å². The lowest BCUT2D eigenvalue weighted by molar-refractivity contribution is -0.135. The van der Waals surface area contributed by atoms with E-state index in [1.54, 1.807) is 12.1 Å². The molecule has 0 bridgehead atoms. The smallest absolute Gasteiger partial charge is 0.325 e. The van der Waals surface area contributed by atoms with Gasteiger partial charge in [0.05, 0.1) is 0 Å². The minimum Gasteiger partial charge on any atom is -0.508 e. The highest BCUT2D eigenvalue weighted by Crippen LogP contribution is 2.36. The van der Waals surface area contributed by atoms with Crippen LogP contribution in [0.15, 0.2) is 18.2 Å². The Labute approximate surface area is 128 Å². The number of fused-ring (bicyclic) bond motifs is 1. The van der Waals surface area contributed by atoms with Crippen LogP contribution in [0.5, 0.6) is 5.75 Å². The predicted molar refractivity (Wildman–Crippen MR) is 77.5 cm³/mol. The Morgan fingerprint density at radius 2 is 2.00 bits per heavy atom. The van der Waals surface area contributed by atoms with Crippen molar-refractivity contribution in [3.63, 3.8) is 0 Å². The number of rotatable bonds is 1. The first kappa shape index (κ1) is 13.6. The van der Waals surface area contributed by atoms with Gasteiger partial charge >= 0.3 is 6.03 Å². The number of hydrogen-bond acceptors (Lipinski definition) is 4. The first-order valence-electron chi connectivity index (χ1n) is 7.64. The molecule has 3 amide bonds. The molecule has 116 valence electrons. The van der Waals surface area contributed by atoms with E-state index in [2.05, 4.69) is 5.32 Å². The number of benzene rings is 1. The van der Waals surface area contributed by atoms with Crippen molar-refractivity contribution in [3.05, 3.63) is 29.3 Å². The molecule has 2 fully saturated rings. The molecule has 1 aromatic rings. The number of nitrogens with one attached hydrogen (secondary N) is 1. The van der Waals surface area contributed by atoms with Crippen LogP contribution < -0.4 is 5.32 Å². The fourth-order valence-electron chi connectivity index (χ4n) is 3.82. The Balaban J connectivity index is 1.61. The Bertz CT molecular complexity index is 652. The number of nitrogens with zero attached hydrogens (tertiary/aromatic N) is 1. The molecule has 22 heavy (non-hydrogen) atoms. The number of ether oxygens (including phenoxy) is 1. The summed E-state index contributed by atoms with van der Waals surface area (Å²) in [5.41, 5.74) is 1.08. The summed E-state index contributed by atoms with van der Waals surface area (Å²) in [6.07, 6.45) is 2.18. The lowest BCUT2D eigenvalue weighted by Gasteiger charge is -2.31. The van der Waals surface area contributed by atoms with Crippen molar-refractivity contribution in [1.29, 1.82) is 0 Å². The largest absolute Gasteiger partial charge is 0.508 e. The van der Waals surface area contributed by atoms with Crippen LogP contribution in [0.1, 0.15) is 24.0 Å². The zero-order valence-electron chi connectivity index (χ0n) is 12.2. The van der Waals surface area contributed by atoms with Gasteiger partial charge in [-0.05, 0) is 30.0 Å². The van der Waals surface area contributed by atoms with Crippen molar-refractivity contribution in [2.45, 2.75) is 37.3 Å². The number of carbonyl (C=O) groups excluding carboxylic acids is 2. The van der Waals surface area contributed by atoms with E-state index in [-0.39, 0.29) is 23.7 Å². The molecule has 3 aliphatic rings. The van der Waals surface area contributed by atoms with Crippen LogP contribution in [0.4, 0.5) is 4.79 Å². The normalized spacial score (nSPS) is 26.4. The van der Waals surface area contributed by atoms with Crippen molar-refractivity contribution in [1.82, 2.24) is 10.2 Å². The molecule has 1 aromatic carbocycles. The molecule has 1 spiro atoms. The summed E-state index contributed by atoms with van der Waals surface area (Å²) < 4.78 is 5.31. The minimum absolute atomic E-state index is 0.141. The summed E-state index contributed by atoms with van der Waals surface area (Å²) in [5.74, 6) is 0.103. The van der Waals surface area contributed by atoms with E-state index >= 15 is 0 Å². The number of hydrogen-bond donors (Lipinski definition) is 2. The fraction of sp³-hybridized carbons (Fsp3) is 0.500. The molecule has 0 radical (unpaired) electrons. The molecular formula is C16H18N2O4. The molecule has 1 atom stereocenters. The zero-order chi connectivity index (χ0) is 15.3. The molecule has 2 heterocycles. The van der Waals surface area contributed by atoms with Gasteiger partial charge in [-0.1, -0.05) is 12.1 Å². The summed E-state index contributed by atoms with van der Waals surface area (Å²) >= 11 is 0. The van der Waals surface area contributed by atoms with Gasteiger partial charge in [0.15, 0.2) is 0 Å². The topological polar surface area (TPSA) is 78.9 Å². The number of phenolic OH excluding ortho intramolecular Hbond substituents is 1. The van der Waals surface area contributed by atoms with E-state index in [1.807, 2.05) is 6.07 Å². The predicted octanol–water partition coefficient (Wildman–Crippen LogP) is 0.960. The molecule has 1 unspecified atom stereocenters. The van der Waals surface area contributed by atoms with E-state index in [1.165, 1.54) is 4.90 Å². The number of urea groups is 1. The average Bonchev–Trinajstić information content (AvgIpc) is 3.01. The fourth-order valence-corrected chi connectivity index (χ4v) is 3.82.